The SMILES string of the molecule is O=[N+]([O-])c1cc(F)ccc1S(=O)(=O)N(CCCl)CCCl. The van der Waals surface area contributed by atoms with Crippen LogP contribution in [0.1, 0.15) is 0 Å². The van der Waals surface area contributed by atoms with E-state index in [4.69, 9.17) is 23.2 Å². The van der Waals surface area contributed by atoms with Gasteiger partial charge in [0, 0.05) is 24.8 Å². The molecule has 1 aromatic rings. The van der Waals surface area contributed by atoms with E-state index in [0.29, 0.717) is 6.07 Å². The van der Waals surface area contributed by atoms with Crippen LogP contribution in [0.5, 0.6) is 0 Å². The Balaban J connectivity index is 3.36. The van der Waals surface area contributed by atoms with Crippen molar-refractivity contribution in [3.8, 4) is 0 Å². The van der Waals surface area contributed by atoms with E-state index in [2.05, 4.69) is 0 Å². The Morgan fingerprint density at radius 3 is 2.25 bits per heavy atom. The van der Waals surface area contributed by atoms with Crippen molar-refractivity contribution in [3.05, 3.63) is 34.1 Å². The van der Waals surface area contributed by atoms with Crippen LogP contribution in [0.4, 0.5) is 10.1 Å². The number of nitrogens with zero attached hydrogens (tertiary/aromatic N) is 2. The third kappa shape index (κ3) is 3.78. The molecule has 112 valence electrons. The molecule has 0 amide bonds. The minimum absolute atomic E-state index is 0.00507. The molecule has 0 aliphatic heterocycles. The third-order valence-corrected chi connectivity index (χ3v) is 4.69. The zero-order chi connectivity index (χ0) is 15.3. The molecule has 0 saturated heterocycles. The van der Waals surface area contributed by atoms with Crippen LogP contribution < -0.4 is 0 Å². The zero-order valence-corrected chi connectivity index (χ0v) is 12.5. The van der Waals surface area contributed by atoms with Crippen molar-refractivity contribution in [2.75, 3.05) is 24.8 Å². The van der Waals surface area contributed by atoms with Gasteiger partial charge in [0.25, 0.3) is 5.69 Å². The average Bonchev–Trinajstić information content (AvgIpc) is 2.38. The molecular formula is C10H11Cl2FN2O4S. The van der Waals surface area contributed by atoms with E-state index in [1.165, 1.54) is 0 Å². The molecule has 0 spiro atoms. The Morgan fingerprint density at radius 1 is 1.25 bits per heavy atom. The molecule has 1 aromatic carbocycles. The van der Waals surface area contributed by atoms with Crippen molar-refractivity contribution in [1.82, 2.24) is 4.31 Å². The van der Waals surface area contributed by atoms with Crippen LogP contribution in [0.2, 0.25) is 0 Å². The summed E-state index contributed by atoms with van der Waals surface area (Å²) in [6.07, 6.45) is 0. The van der Waals surface area contributed by atoms with E-state index in [9.17, 15) is 22.9 Å². The average molecular weight is 345 g/mol. The number of hydrogen-bond donors (Lipinski definition) is 0. The summed E-state index contributed by atoms with van der Waals surface area (Å²) in [7, 11) is -4.16. The van der Waals surface area contributed by atoms with Crippen molar-refractivity contribution < 1.29 is 17.7 Å². The number of rotatable bonds is 7. The van der Waals surface area contributed by atoms with Crippen LogP contribution in [0.3, 0.4) is 0 Å². The van der Waals surface area contributed by atoms with E-state index < -0.39 is 31.3 Å². The maximum absolute atomic E-state index is 13.0. The highest BCUT2D eigenvalue weighted by atomic mass is 35.5. The van der Waals surface area contributed by atoms with Gasteiger partial charge in [0.05, 0.1) is 11.0 Å². The summed E-state index contributed by atoms with van der Waals surface area (Å²) in [6.45, 7) is -0.101. The topological polar surface area (TPSA) is 80.5 Å². The summed E-state index contributed by atoms with van der Waals surface area (Å²) in [5, 5.41) is 10.9. The predicted octanol–water partition coefficient (Wildman–Crippen LogP) is 2.20. The van der Waals surface area contributed by atoms with Gasteiger partial charge >= 0.3 is 0 Å². The van der Waals surface area contributed by atoms with E-state index in [0.717, 1.165) is 16.4 Å². The van der Waals surface area contributed by atoms with Gasteiger partial charge < -0.3 is 0 Å². The molecule has 0 aliphatic rings. The molecule has 0 fully saturated rings. The smallest absolute Gasteiger partial charge is 0.258 e. The fourth-order valence-corrected chi connectivity index (χ4v) is 3.72. The summed E-state index contributed by atoms with van der Waals surface area (Å²) in [5.41, 5.74) is -0.820. The fraction of sp³-hybridized carbons (Fsp3) is 0.400. The van der Waals surface area contributed by atoms with E-state index in [1.54, 1.807) is 0 Å². The summed E-state index contributed by atoms with van der Waals surface area (Å²) < 4.78 is 38.6. The third-order valence-electron chi connectivity index (χ3n) is 2.40. The minimum atomic E-state index is -4.16. The monoisotopic (exact) mass is 344 g/mol. The Labute approximate surface area is 125 Å². The largest absolute Gasteiger partial charge is 0.292 e. The summed E-state index contributed by atoms with van der Waals surface area (Å²) in [5.74, 6) is -0.882. The van der Waals surface area contributed by atoms with Crippen LogP contribution in [-0.4, -0.2) is 42.5 Å². The van der Waals surface area contributed by atoms with Gasteiger partial charge in [-0.3, -0.25) is 10.1 Å². The highest BCUT2D eigenvalue weighted by molar-refractivity contribution is 7.89. The maximum Gasteiger partial charge on any atom is 0.292 e. The van der Waals surface area contributed by atoms with Crippen molar-refractivity contribution in [3.63, 3.8) is 0 Å². The van der Waals surface area contributed by atoms with Crippen LogP contribution in [-0.2, 0) is 10.0 Å². The van der Waals surface area contributed by atoms with Crippen LogP contribution >= 0.6 is 23.2 Å². The van der Waals surface area contributed by atoms with Gasteiger partial charge in [-0.2, -0.15) is 4.31 Å². The Morgan fingerprint density at radius 2 is 1.80 bits per heavy atom. The van der Waals surface area contributed by atoms with Gasteiger partial charge in [0.1, 0.15) is 5.82 Å². The lowest BCUT2D eigenvalue weighted by molar-refractivity contribution is -0.388. The first-order chi connectivity index (χ1) is 9.34. The van der Waals surface area contributed by atoms with Gasteiger partial charge in [-0.15, -0.1) is 23.2 Å². The molecule has 0 aliphatic carbocycles. The number of nitro benzene ring substituents is 1. The second-order valence-corrected chi connectivity index (χ2v) is 6.31. The van der Waals surface area contributed by atoms with Gasteiger partial charge in [-0.25, -0.2) is 12.8 Å². The molecule has 0 aromatic heterocycles. The normalized spacial score (nSPS) is 11.8. The Kier molecular flexibility index (Phi) is 6.12. The quantitative estimate of drug-likeness (QED) is 0.431. The molecule has 0 bridgehead atoms. The van der Waals surface area contributed by atoms with Gasteiger partial charge in [0.15, 0.2) is 4.90 Å². The number of halogens is 3. The second-order valence-electron chi connectivity index (χ2n) is 3.65. The molecule has 0 saturated carbocycles. The highest BCUT2D eigenvalue weighted by Gasteiger charge is 2.31. The number of sulfonamides is 1. The van der Waals surface area contributed by atoms with E-state index >= 15 is 0 Å². The Bertz CT molecular complexity index is 591. The maximum atomic E-state index is 13.0. The lowest BCUT2D eigenvalue weighted by atomic mass is 10.3. The highest BCUT2D eigenvalue weighted by Crippen LogP contribution is 2.27. The number of nitro groups is 1. The first kappa shape index (κ1) is 17.1. The van der Waals surface area contributed by atoms with Gasteiger partial charge in [-0.1, -0.05) is 0 Å². The summed E-state index contributed by atoms with van der Waals surface area (Å²) >= 11 is 11.0. The summed E-state index contributed by atoms with van der Waals surface area (Å²) in [6, 6.07) is 2.27. The second kappa shape index (κ2) is 7.16. The van der Waals surface area contributed by atoms with Crippen molar-refractivity contribution in [2.24, 2.45) is 0 Å². The number of benzene rings is 1. The standard InChI is InChI=1S/C10H11Cl2FN2O4S/c11-3-5-14(6-4-12)20(18,19)10-2-1-8(13)7-9(10)15(16)17/h1-2,7H,3-6H2. The zero-order valence-electron chi connectivity index (χ0n) is 10.1. The predicted molar refractivity (Wildman–Crippen MR) is 73.3 cm³/mol. The van der Waals surface area contributed by atoms with Crippen molar-refractivity contribution in [2.45, 2.75) is 4.90 Å². The summed E-state index contributed by atoms with van der Waals surface area (Å²) in [4.78, 5) is 9.33. The minimum Gasteiger partial charge on any atom is -0.258 e. The molecule has 20 heavy (non-hydrogen) atoms. The van der Waals surface area contributed by atoms with Crippen LogP contribution in [0, 0.1) is 15.9 Å². The molecule has 0 atom stereocenters. The lowest BCUT2D eigenvalue weighted by Gasteiger charge is -2.19. The number of alkyl halides is 2. The Hall–Kier alpha value is -0.960. The molecule has 1 rings (SSSR count). The molecule has 0 radical (unpaired) electrons. The van der Waals surface area contributed by atoms with Crippen LogP contribution in [0.15, 0.2) is 23.1 Å². The molecular weight excluding hydrogens is 334 g/mol. The number of hydrogen-bond acceptors (Lipinski definition) is 4. The van der Waals surface area contributed by atoms with Gasteiger partial charge in [0.2, 0.25) is 10.0 Å². The van der Waals surface area contributed by atoms with Crippen LogP contribution in [0.25, 0.3) is 0 Å². The molecule has 0 N–H and O–H groups in total. The first-order valence-electron chi connectivity index (χ1n) is 5.40. The van der Waals surface area contributed by atoms with Crippen molar-refractivity contribution in [1.29, 1.82) is 0 Å². The van der Waals surface area contributed by atoms with Crippen molar-refractivity contribution >= 4 is 38.9 Å². The molecule has 10 heteroatoms. The first-order valence-corrected chi connectivity index (χ1v) is 7.91. The molecule has 0 heterocycles. The molecule has 6 nitrogen and oxygen atoms in total. The molecule has 0 unspecified atom stereocenters. The van der Waals surface area contributed by atoms with E-state index in [1.807, 2.05) is 0 Å². The fourth-order valence-electron chi connectivity index (χ4n) is 1.53. The van der Waals surface area contributed by atoms with Gasteiger partial charge in [-0.05, 0) is 12.1 Å². The van der Waals surface area contributed by atoms with E-state index in [-0.39, 0.29) is 24.8 Å². The lowest BCUT2D eigenvalue weighted by Crippen LogP contribution is -2.34.